The third-order valence-corrected chi connectivity index (χ3v) is 21.3. The molecule has 11 N–H and O–H groups in total. The van der Waals surface area contributed by atoms with Crippen molar-refractivity contribution in [1.29, 1.82) is 0 Å². The Hall–Kier alpha value is -12.0. The first-order valence-electron chi connectivity index (χ1n) is 35.2. The summed E-state index contributed by atoms with van der Waals surface area (Å²) >= 11 is 0. The summed E-state index contributed by atoms with van der Waals surface area (Å²) in [6, 6.07) is 13.2. The van der Waals surface area contributed by atoms with E-state index in [-0.39, 0.29) is 94.6 Å². The van der Waals surface area contributed by atoms with E-state index in [1.807, 2.05) is 0 Å². The molecule has 0 aliphatic heterocycles. The Labute approximate surface area is 625 Å². The van der Waals surface area contributed by atoms with Crippen molar-refractivity contribution in [2.75, 3.05) is 79.4 Å². The number of likely N-dealkylation sites (N-methyl/N-ethyl adjacent to an activating group) is 2. The maximum atomic E-state index is 14.9. The zero-order valence-electron chi connectivity index (χ0n) is 61.0. The predicted molar refractivity (Wildman–Crippen MR) is 388 cm³/mol. The molecule has 2 aromatic heterocycles. The summed E-state index contributed by atoms with van der Waals surface area (Å²) < 4.78 is 41.9. The summed E-state index contributed by atoms with van der Waals surface area (Å²) in [4.78, 5) is 171. The summed E-state index contributed by atoms with van der Waals surface area (Å²) in [5.41, 5.74) is 1.58. The number of hydrogen-bond acceptors (Lipinski definition) is 29. The first-order valence-corrected chi connectivity index (χ1v) is 35.2. The Morgan fingerprint density at radius 3 is 1.30 bits per heavy atom. The predicted octanol–water partition coefficient (Wildman–Crippen LogP) is 5.11. The Kier molecular flexibility index (Phi) is 21.1. The van der Waals surface area contributed by atoms with Crippen molar-refractivity contribution >= 4 is 92.1 Å². The van der Waals surface area contributed by atoms with Gasteiger partial charge >= 0.3 is 23.9 Å². The van der Waals surface area contributed by atoms with E-state index in [0.717, 1.165) is 12.1 Å². The fourth-order valence-corrected chi connectivity index (χ4v) is 16.4. The van der Waals surface area contributed by atoms with Crippen LogP contribution in [0, 0.1) is 23.7 Å². The number of amides is 2. The molecule has 6 aromatic rings. The number of hydrogen-bond donors (Lipinski definition) is 9. The smallest absolute Gasteiger partial charge is 0.379 e. The minimum atomic E-state index is -2.90. The lowest BCUT2D eigenvalue weighted by molar-refractivity contribution is -0.152. The highest BCUT2D eigenvalue weighted by atomic mass is 16.6. The number of esters is 3. The van der Waals surface area contributed by atoms with Gasteiger partial charge in [0.05, 0.1) is 23.2 Å². The number of carbonyl (C=O) groups is 10. The molecular weight excluding hydrogens is 1440 g/mol. The average molecular weight is 1520 g/mol. The number of anilines is 2. The van der Waals surface area contributed by atoms with Gasteiger partial charge in [0.15, 0.2) is 39.7 Å². The van der Waals surface area contributed by atoms with Crippen molar-refractivity contribution in [3.05, 3.63) is 172 Å². The number of rotatable bonds is 25. The molecule has 2 amide bonds. The first-order chi connectivity index (χ1) is 52.0. The van der Waals surface area contributed by atoms with Gasteiger partial charge in [0.1, 0.15) is 92.3 Å². The van der Waals surface area contributed by atoms with Gasteiger partial charge in [0.25, 0.3) is 11.8 Å². The molecule has 0 radical (unpaired) electrons. The summed E-state index contributed by atoms with van der Waals surface area (Å²) in [6.07, 6.45) is 0.767. The van der Waals surface area contributed by atoms with Crippen molar-refractivity contribution in [2.24, 2.45) is 35.1 Å². The highest BCUT2D eigenvalue weighted by molar-refractivity contribution is 6.26. The summed E-state index contributed by atoms with van der Waals surface area (Å²) in [7, 11) is 12.8. The average Bonchev–Trinajstić information content (AvgIpc) is 0.702. The van der Waals surface area contributed by atoms with E-state index >= 15 is 0 Å². The third kappa shape index (κ3) is 13.4. The summed E-state index contributed by atoms with van der Waals surface area (Å²) in [5.74, 6) is -21.9. The minimum Gasteiger partial charge on any atom is -0.510 e. The molecule has 578 valence electrons. The Balaban J connectivity index is 0.791. The van der Waals surface area contributed by atoms with Gasteiger partial charge in [-0.25, -0.2) is 9.59 Å². The zero-order valence-corrected chi connectivity index (χ0v) is 61.0. The number of ketones is 4. The molecule has 0 saturated heterocycles. The van der Waals surface area contributed by atoms with E-state index in [9.17, 15) is 88.2 Å². The van der Waals surface area contributed by atoms with Gasteiger partial charge < -0.3 is 89.5 Å². The van der Waals surface area contributed by atoms with Crippen LogP contribution in [0.1, 0.15) is 111 Å². The number of benzene rings is 4. The van der Waals surface area contributed by atoms with Gasteiger partial charge in [-0.05, 0) is 138 Å². The number of carbonyl (C=O) groups excluding carboxylic acids is 9. The number of ether oxygens (including phenoxy) is 5. The molecule has 110 heavy (non-hydrogen) atoms. The van der Waals surface area contributed by atoms with Crippen LogP contribution in [0.2, 0.25) is 0 Å². The second kappa shape index (κ2) is 29.9. The molecule has 0 fully saturated rings. The molecule has 0 saturated carbocycles. The lowest BCUT2D eigenvalue weighted by Gasteiger charge is -2.50. The second-order valence-electron chi connectivity index (χ2n) is 29.0. The van der Waals surface area contributed by atoms with Crippen LogP contribution in [0.3, 0.4) is 0 Å². The summed E-state index contributed by atoms with van der Waals surface area (Å²) in [6.45, 7) is -1.06. The number of primary amides is 2. The summed E-state index contributed by atoms with van der Waals surface area (Å²) in [5, 5.41) is 79.5. The van der Waals surface area contributed by atoms with Crippen molar-refractivity contribution in [2.45, 2.75) is 100 Å². The highest BCUT2D eigenvalue weighted by Gasteiger charge is 2.65. The molecule has 0 unspecified atom stereocenters. The molecular formula is C78H80N6O26. The van der Waals surface area contributed by atoms with Crippen LogP contribution in [0.4, 0.5) is 11.4 Å². The van der Waals surface area contributed by atoms with Gasteiger partial charge in [0.2, 0.25) is 23.1 Å². The van der Waals surface area contributed by atoms with E-state index in [4.69, 9.17) is 49.1 Å². The van der Waals surface area contributed by atoms with Gasteiger partial charge in [-0.3, -0.25) is 57.7 Å². The molecule has 6 aliphatic rings. The maximum absolute atomic E-state index is 14.9. The largest absolute Gasteiger partial charge is 0.510 e. The van der Waals surface area contributed by atoms with Crippen LogP contribution in [0.15, 0.2) is 137 Å². The van der Waals surface area contributed by atoms with Gasteiger partial charge in [0, 0.05) is 87.5 Å². The normalized spacial score (nSPS) is 22.2. The monoisotopic (exact) mass is 1520 g/mol. The number of Topliss-reactive ketones (excluding diaryl/α,β-unsaturated/α-hetero) is 4. The number of allylic oxidation sites excluding steroid dienone is 2. The van der Waals surface area contributed by atoms with Crippen LogP contribution in [0.25, 0.3) is 21.9 Å². The van der Waals surface area contributed by atoms with E-state index < -0.39 is 193 Å². The zero-order chi connectivity index (χ0) is 79.8. The van der Waals surface area contributed by atoms with E-state index in [1.165, 1.54) is 86.5 Å². The number of aliphatic carboxylic acids is 1. The SMILES string of the molecule is CN(C)c1ccc(OC(=O)c2cc(=O)c3c(OCC(COc4cccc5oc(C(=O)Oc6ccc(N(C)C)c7c6C(=O)C6=C(O)[C@]8(O)C(=O)C(C(N)=O)=C(O)[C@@H](N(C)C)[C@@H]8C[C@@H]6C7)cc(=O)c45)OC(=O)CCCCCCCC(=O)O)cccc3o2)c2c1C[C@H]1C[C@H]3[C@H](N(C)C)C(O)=C(C(N)=O)C(=O)[C@@]3(O)C(O)=C1C2=O. The number of nitrogens with zero attached hydrogens (tertiary/aromatic N) is 4. The van der Waals surface area contributed by atoms with Crippen LogP contribution in [-0.4, -0.2) is 203 Å². The Bertz CT molecular complexity index is 4930. The molecule has 8 atom stereocenters. The quantitative estimate of drug-likeness (QED) is 0.0155. The van der Waals surface area contributed by atoms with Gasteiger partial charge in [-0.15, -0.1) is 0 Å². The van der Waals surface area contributed by atoms with Crippen LogP contribution < -0.4 is 51.1 Å². The third-order valence-electron chi connectivity index (χ3n) is 21.3. The van der Waals surface area contributed by atoms with Crippen LogP contribution >= 0.6 is 0 Å². The number of nitrogens with two attached hydrogens (primary N) is 2. The number of aliphatic hydroxyl groups excluding tert-OH is 4. The molecule has 2 heterocycles. The highest BCUT2D eigenvalue weighted by Crippen LogP contribution is 2.56. The number of carboxylic acid groups (broad SMARTS) is 1. The molecule has 32 heteroatoms. The number of carboxylic acids is 1. The minimum absolute atomic E-state index is 0.0109. The van der Waals surface area contributed by atoms with E-state index in [0.29, 0.717) is 54.6 Å². The van der Waals surface area contributed by atoms with Crippen LogP contribution in [-0.2, 0) is 46.3 Å². The Morgan fingerprint density at radius 2 is 0.927 bits per heavy atom. The number of unbranched alkanes of at least 4 members (excludes halogenated alkanes) is 4. The lowest BCUT2D eigenvalue weighted by Crippen LogP contribution is -2.63. The fraction of sp³-hybridized carbons (Fsp3) is 0.385. The fourth-order valence-electron chi connectivity index (χ4n) is 16.4. The molecule has 12 rings (SSSR count). The number of fused-ring (bicyclic) bond motifs is 8. The standard InChI is InChI=1S/C78H80N6O26/c1-81(2)41-22-24-49(57-37(41)26-34-28-39-63(83(5)6)67(92)61(73(79)98)71(96)77(39,102)69(94)55(34)65(57)90)109-75(100)51-30-43(85)59-45(16-14-18-47(59)107-51)104-32-36(106-54(89)21-13-11-9-10-12-20-53(87)88)33-105-46-17-15-19-48-60(46)44(86)31-52(108-48)76(101)110-50-25-23-42(82(3)4)38-27-35-29-40-64(84(7)8)68(93)62(74(80)99)72(97)78(40,103)70(95)56(35)66(91)58(38)50/h14-19,22-25,30-31,34-36,39-40,63-64,92-95,102-103H,9-13,20-21,26-29,32-33H2,1-8H3,(H2,79,98)(H2,80,99)(H,87,88)/t34-,35-,39-,40-,63-,64-,77-,78-/m0/s1. The van der Waals surface area contributed by atoms with Crippen molar-refractivity contribution in [3.8, 4) is 23.0 Å². The maximum Gasteiger partial charge on any atom is 0.379 e. The lowest BCUT2D eigenvalue weighted by atomic mass is 9.58. The van der Waals surface area contributed by atoms with Gasteiger partial charge in [-0.1, -0.05) is 31.4 Å². The first kappa shape index (κ1) is 77.6. The van der Waals surface area contributed by atoms with Crippen molar-refractivity contribution < 1.29 is 116 Å². The van der Waals surface area contributed by atoms with Crippen molar-refractivity contribution in [3.63, 3.8) is 0 Å². The Morgan fingerprint density at radius 1 is 0.536 bits per heavy atom. The number of aliphatic hydroxyl groups is 6. The van der Waals surface area contributed by atoms with E-state index in [1.54, 1.807) is 50.1 Å². The second-order valence-corrected chi connectivity index (χ2v) is 29.0. The molecule has 32 nitrogen and oxygen atoms in total. The molecule has 6 aliphatic carbocycles. The molecule has 0 bridgehead atoms. The van der Waals surface area contributed by atoms with Crippen LogP contribution in [0.5, 0.6) is 23.0 Å². The van der Waals surface area contributed by atoms with Gasteiger partial charge in [-0.2, -0.15) is 0 Å². The topological polar surface area (TPSA) is 484 Å². The van der Waals surface area contributed by atoms with E-state index in [2.05, 4.69) is 0 Å². The molecule has 0 spiro atoms. The van der Waals surface area contributed by atoms with Crippen molar-refractivity contribution in [1.82, 2.24) is 9.80 Å². The molecule has 4 aromatic carbocycles.